The molecule has 0 radical (unpaired) electrons. The molecular weight excluding hydrogens is 276 g/mol. The first-order valence-electron chi connectivity index (χ1n) is 6.45. The molecule has 0 spiro atoms. The Balaban J connectivity index is 2.80. The van der Waals surface area contributed by atoms with Crippen molar-refractivity contribution in [2.45, 2.75) is 12.3 Å². The molecule has 0 aliphatic carbocycles. The molecule has 0 aromatic heterocycles. The van der Waals surface area contributed by atoms with Crippen molar-refractivity contribution in [3.05, 3.63) is 48.0 Å². The number of benzene rings is 1. The minimum Gasteiger partial charge on any atom is -0.395 e. The third-order valence-corrected chi connectivity index (χ3v) is 4.65. The highest BCUT2D eigenvalue weighted by atomic mass is 32.2. The van der Waals surface area contributed by atoms with Gasteiger partial charge in [-0.25, -0.2) is 8.42 Å². The fourth-order valence-corrected chi connectivity index (χ4v) is 3.35. The smallest absolute Gasteiger partial charge is 0.218 e. The molecule has 5 nitrogen and oxygen atoms in total. The maximum absolute atomic E-state index is 12.2. The molecule has 0 aliphatic heterocycles. The summed E-state index contributed by atoms with van der Waals surface area (Å²) in [5, 5.41) is 12.0. The Morgan fingerprint density at radius 1 is 1.30 bits per heavy atom. The van der Waals surface area contributed by atoms with Gasteiger partial charge in [0.1, 0.15) is 0 Å². The second kappa shape index (κ2) is 8.16. The molecule has 1 aromatic carbocycles. The van der Waals surface area contributed by atoms with Gasteiger partial charge in [0, 0.05) is 19.6 Å². The summed E-state index contributed by atoms with van der Waals surface area (Å²) in [6.07, 6.45) is 1.52. The SMILES string of the molecule is C=CCN(CCO)S(=O)(=O)Cc1ccc(CNC)cc1. The largest absolute Gasteiger partial charge is 0.395 e. The normalized spacial score (nSPS) is 11.8. The third-order valence-electron chi connectivity index (χ3n) is 2.83. The van der Waals surface area contributed by atoms with E-state index in [4.69, 9.17) is 5.11 Å². The van der Waals surface area contributed by atoms with Crippen LogP contribution in [0, 0.1) is 0 Å². The Morgan fingerprint density at radius 2 is 1.90 bits per heavy atom. The van der Waals surface area contributed by atoms with Gasteiger partial charge in [0.25, 0.3) is 0 Å². The first-order chi connectivity index (χ1) is 9.53. The predicted molar refractivity (Wildman–Crippen MR) is 80.7 cm³/mol. The molecule has 1 rings (SSSR count). The summed E-state index contributed by atoms with van der Waals surface area (Å²) in [5.74, 6) is -0.0688. The van der Waals surface area contributed by atoms with Crippen LogP contribution in [0.25, 0.3) is 0 Å². The van der Waals surface area contributed by atoms with E-state index in [9.17, 15) is 8.42 Å². The van der Waals surface area contributed by atoms with E-state index in [0.717, 1.165) is 17.7 Å². The molecule has 0 heterocycles. The second-order valence-corrected chi connectivity index (χ2v) is 6.44. The lowest BCUT2D eigenvalue weighted by Gasteiger charge is -2.19. The predicted octanol–water partition coefficient (Wildman–Crippen LogP) is 0.716. The Morgan fingerprint density at radius 3 is 2.40 bits per heavy atom. The molecule has 0 saturated heterocycles. The molecule has 1 aromatic rings. The highest BCUT2D eigenvalue weighted by Crippen LogP contribution is 2.12. The summed E-state index contributed by atoms with van der Waals surface area (Å²) >= 11 is 0. The van der Waals surface area contributed by atoms with Crippen LogP contribution >= 0.6 is 0 Å². The van der Waals surface area contributed by atoms with Gasteiger partial charge in [-0.05, 0) is 18.2 Å². The van der Waals surface area contributed by atoms with E-state index in [1.54, 1.807) is 0 Å². The molecule has 0 bridgehead atoms. The zero-order valence-electron chi connectivity index (χ0n) is 11.7. The zero-order chi connectivity index (χ0) is 15.0. The number of nitrogens with one attached hydrogen (secondary N) is 1. The highest BCUT2D eigenvalue weighted by molar-refractivity contribution is 7.88. The highest BCUT2D eigenvalue weighted by Gasteiger charge is 2.20. The number of rotatable bonds is 9. The van der Waals surface area contributed by atoms with Crippen LogP contribution in [0.15, 0.2) is 36.9 Å². The van der Waals surface area contributed by atoms with Crippen LogP contribution in [-0.2, 0) is 22.3 Å². The molecule has 2 N–H and O–H groups in total. The maximum Gasteiger partial charge on any atom is 0.218 e. The van der Waals surface area contributed by atoms with Gasteiger partial charge in [0.15, 0.2) is 0 Å². The molecule has 20 heavy (non-hydrogen) atoms. The fraction of sp³-hybridized carbons (Fsp3) is 0.429. The summed E-state index contributed by atoms with van der Waals surface area (Å²) in [7, 11) is -1.58. The maximum atomic E-state index is 12.2. The second-order valence-electron chi connectivity index (χ2n) is 4.47. The minimum absolute atomic E-state index is 0.0688. The summed E-state index contributed by atoms with van der Waals surface area (Å²) in [4.78, 5) is 0. The molecular formula is C14H22N2O3S. The van der Waals surface area contributed by atoms with Crippen LogP contribution in [0.1, 0.15) is 11.1 Å². The molecule has 0 fully saturated rings. The van der Waals surface area contributed by atoms with Crippen molar-refractivity contribution in [2.75, 3.05) is 26.7 Å². The van der Waals surface area contributed by atoms with Crippen molar-refractivity contribution in [1.82, 2.24) is 9.62 Å². The van der Waals surface area contributed by atoms with Crippen molar-refractivity contribution < 1.29 is 13.5 Å². The van der Waals surface area contributed by atoms with Crippen LogP contribution < -0.4 is 5.32 Å². The average Bonchev–Trinajstić information content (AvgIpc) is 2.41. The molecule has 0 unspecified atom stereocenters. The van der Waals surface area contributed by atoms with Crippen LogP contribution in [0.3, 0.4) is 0 Å². The van der Waals surface area contributed by atoms with Crippen molar-refractivity contribution in [1.29, 1.82) is 0 Å². The average molecular weight is 298 g/mol. The standard InChI is InChI=1S/C14H22N2O3S/c1-3-8-16(9-10-17)20(18,19)12-14-6-4-13(5-7-14)11-15-2/h3-7,15,17H,1,8-12H2,2H3. The number of sulfonamides is 1. The lowest BCUT2D eigenvalue weighted by atomic mass is 10.1. The van der Waals surface area contributed by atoms with Crippen molar-refractivity contribution in [3.8, 4) is 0 Å². The van der Waals surface area contributed by atoms with Crippen LogP contribution in [0.4, 0.5) is 0 Å². The van der Waals surface area contributed by atoms with E-state index < -0.39 is 10.0 Å². The molecule has 6 heteroatoms. The molecule has 0 atom stereocenters. The quantitative estimate of drug-likeness (QED) is 0.659. The molecule has 0 aliphatic rings. The third kappa shape index (κ3) is 5.05. The number of nitrogens with zero attached hydrogens (tertiary/aromatic N) is 1. The summed E-state index contributed by atoms with van der Waals surface area (Å²) < 4.78 is 25.7. The van der Waals surface area contributed by atoms with Gasteiger partial charge in [-0.1, -0.05) is 30.3 Å². The first kappa shape index (κ1) is 16.8. The Kier molecular flexibility index (Phi) is 6.87. The van der Waals surface area contributed by atoms with Gasteiger partial charge in [-0.15, -0.1) is 6.58 Å². The van der Waals surface area contributed by atoms with Crippen LogP contribution in [0.2, 0.25) is 0 Å². The summed E-state index contributed by atoms with van der Waals surface area (Å²) in [6.45, 7) is 4.39. The first-order valence-corrected chi connectivity index (χ1v) is 8.06. The number of hydrogen-bond donors (Lipinski definition) is 2. The Labute approximate surface area is 121 Å². The van der Waals surface area contributed by atoms with Crippen molar-refractivity contribution in [2.24, 2.45) is 0 Å². The van der Waals surface area contributed by atoms with E-state index in [2.05, 4.69) is 11.9 Å². The molecule has 0 saturated carbocycles. The van der Waals surface area contributed by atoms with Gasteiger partial charge in [0.05, 0.1) is 12.4 Å². The van der Waals surface area contributed by atoms with E-state index in [1.807, 2.05) is 31.3 Å². The van der Waals surface area contributed by atoms with E-state index >= 15 is 0 Å². The Bertz CT molecular complexity index is 512. The van der Waals surface area contributed by atoms with E-state index in [-0.39, 0.29) is 25.4 Å². The fourth-order valence-electron chi connectivity index (χ4n) is 1.86. The van der Waals surface area contributed by atoms with Gasteiger partial charge in [0.2, 0.25) is 10.0 Å². The lowest BCUT2D eigenvalue weighted by Crippen LogP contribution is -2.34. The van der Waals surface area contributed by atoms with E-state index in [1.165, 1.54) is 10.4 Å². The summed E-state index contributed by atoms with van der Waals surface area (Å²) in [5.41, 5.74) is 1.84. The monoisotopic (exact) mass is 298 g/mol. The Hall–Kier alpha value is -1.21. The zero-order valence-corrected chi connectivity index (χ0v) is 12.6. The number of hydrogen-bond acceptors (Lipinski definition) is 4. The van der Waals surface area contributed by atoms with Gasteiger partial charge in [-0.3, -0.25) is 0 Å². The molecule has 112 valence electrons. The van der Waals surface area contributed by atoms with Gasteiger partial charge in [-0.2, -0.15) is 4.31 Å². The number of aliphatic hydroxyl groups is 1. The minimum atomic E-state index is -3.44. The summed E-state index contributed by atoms with van der Waals surface area (Å²) in [6, 6.07) is 7.45. The van der Waals surface area contributed by atoms with Crippen molar-refractivity contribution >= 4 is 10.0 Å². The topological polar surface area (TPSA) is 69.6 Å². The van der Waals surface area contributed by atoms with Crippen LogP contribution in [-0.4, -0.2) is 44.6 Å². The van der Waals surface area contributed by atoms with Crippen LogP contribution in [0.5, 0.6) is 0 Å². The lowest BCUT2D eigenvalue weighted by molar-refractivity contribution is 0.260. The van der Waals surface area contributed by atoms with Gasteiger partial charge < -0.3 is 10.4 Å². The number of aliphatic hydroxyl groups excluding tert-OH is 1. The van der Waals surface area contributed by atoms with Gasteiger partial charge >= 0.3 is 0 Å². The molecule has 0 amide bonds. The van der Waals surface area contributed by atoms with Crippen molar-refractivity contribution in [3.63, 3.8) is 0 Å². The van der Waals surface area contributed by atoms with E-state index in [0.29, 0.717) is 0 Å².